The zero-order valence-corrected chi connectivity index (χ0v) is 13.1. The molecule has 0 heterocycles. The van der Waals surface area contributed by atoms with E-state index in [4.69, 9.17) is 51.1 Å². The predicted octanol–water partition coefficient (Wildman–Crippen LogP) is -4.58. The van der Waals surface area contributed by atoms with Crippen LogP contribution in [0.5, 0.6) is 0 Å². The van der Waals surface area contributed by atoms with Crippen LogP contribution in [0, 0.1) is 0 Å². The third kappa shape index (κ3) is 18.3. The quantitative estimate of drug-likeness (QED) is 0.182. The van der Waals surface area contributed by atoms with Crippen molar-refractivity contribution in [1.82, 2.24) is 0 Å². The lowest BCUT2D eigenvalue weighted by Crippen LogP contribution is -2.42. The van der Waals surface area contributed by atoms with Gasteiger partial charge in [0.2, 0.25) is 0 Å². The van der Waals surface area contributed by atoms with Crippen LogP contribution in [0.3, 0.4) is 0 Å². The topological polar surface area (TPSA) is 254 Å². The van der Waals surface area contributed by atoms with E-state index in [1.165, 1.54) is 0 Å². The molecule has 13 nitrogen and oxygen atoms in total. The van der Waals surface area contributed by atoms with E-state index in [1.807, 2.05) is 0 Å². The van der Waals surface area contributed by atoms with Crippen LogP contribution in [0.15, 0.2) is 0 Å². The molecule has 10 N–H and O–H groups in total. The molecule has 0 saturated heterocycles. The van der Waals surface area contributed by atoms with Gasteiger partial charge in [0.1, 0.15) is 12.2 Å². The molecule has 0 aromatic rings. The summed E-state index contributed by atoms with van der Waals surface area (Å²) in [5.74, 6) is -5.02. The summed E-state index contributed by atoms with van der Waals surface area (Å²) < 4.78 is 0. The third-order valence-electron chi connectivity index (χ3n) is 2.13. The Morgan fingerprint density at radius 1 is 0.680 bits per heavy atom. The average Bonchev–Trinajstić information content (AvgIpc) is 2.52. The van der Waals surface area contributed by atoms with Crippen molar-refractivity contribution < 1.29 is 65.4 Å². The van der Waals surface area contributed by atoms with Gasteiger partial charge >= 0.3 is 17.9 Å². The summed E-state index contributed by atoms with van der Waals surface area (Å²) in [7, 11) is 0. The Kier molecular flexibility index (Phi) is 17.5. The summed E-state index contributed by atoms with van der Waals surface area (Å²) in [6.07, 6.45) is -4.20. The molecule has 0 saturated carbocycles. The lowest BCUT2D eigenvalue weighted by Gasteiger charge is -2.18. The molecule has 0 aromatic heterocycles. The van der Waals surface area contributed by atoms with Gasteiger partial charge in [-0.25, -0.2) is 4.79 Å². The number of rotatable bonds is 9. The fraction of sp³-hybridized carbons (Fsp3) is 0.750. The van der Waals surface area contributed by atoms with Crippen molar-refractivity contribution in [2.45, 2.75) is 30.7 Å². The second-order valence-corrected chi connectivity index (χ2v) is 4.52. The number of hydrogen-bond donors (Lipinski definition) is 10. The molecule has 150 valence electrons. The molecule has 0 aliphatic carbocycles. The summed E-state index contributed by atoms with van der Waals surface area (Å²) >= 11 is 0. The van der Waals surface area contributed by atoms with Crippen molar-refractivity contribution in [1.29, 1.82) is 0 Å². The molecule has 13 heteroatoms. The largest absolute Gasteiger partial charge is 0.481 e. The lowest BCUT2D eigenvalue weighted by atomic mass is 9.96. The van der Waals surface area contributed by atoms with E-state index in [0.29, 0.717) is 0 Å². The zero-order valence-electron chi connectivity index (χ0n) is 13.1. The SMILES string of the molecule is O=C(O)CC(O)(CC(=O)O)C(=O)O.OCC(O)CO.OCC(O)CO. The fourth-order valence-corrected chi connectivity index (χ4v) is 0.830. The van der Waals surface area contributed by atoms with Crippen molar-refractivity contribution >= 4 is 17.9 Å². The van der Waals surface area contributed by atoms with Crippen LogP contribution in [0.25, 0.3) is 0 Å². The molecule has 0 fully saturated rings. The highest BCUT2D eigenvalue weighted by Crippen LogP contribution is 2.15. The zero-order chi connectivity index (χ0) is 20.6. The number of carboxylic acids is 3. The molecule has 0 amide bonds. The number of aliphatic hydroxyl groups is 7. The van der Waals surface area contributed by atoms with Gasteiger partial charge in [0.15, 0.2) is 5.60 Å². The highest BCUT2D eigenvalue weighted by atomic mass is 16.4. The Morgan fingerprint density at radius 3 is 1.00 bits per heavy atom. The molecule has 0 aromatic carbocycles. The molecule has 0 radical (unpaired) electrons. The number of carbonyl (C=O) groups is 3. The van der Waals surface area contributed by atoms with Gasteiger partial charge in [-0.15, -0.1) is 0 Å². The molecule has 0 aliphatic rings. The molecule has 0 bridgehead atoms. The van der Waals surface area contributed by atoms with Crippen LogP contribution in [0.2, 0.25) is 0 Å². The van der Waals surface area contributed by atoms with Gasteiger partial charge < -0.3 is 51.1 Å². The number of aliphatic hydroxyl groups excluding tert-OH is 6. The maximum Gasteiger partial charge on any atom is 0.336 e. The minimum absolute atomic E-state index is 0.365. The minimum atomic E-state index is -2.74. The minimum Gasteiger partial charge on any atom is -0.481 e. The number of carboxylic acid groups (broad SMARTS) is 3. The standard InChI is InChI=1S/C6H8O7.2C3H8O3/c7-3(8)1-6(13,5(11)12)2-4(9)10;2*4-1-3(6)2-5/h13H,1-2H2,(H,7,8)(H,9,10)(H,11,12);2*3-6H,1-2H2. The van der Waals surface area contributed by atoms with Crippen LogP contribution >= 0.6 is 0 Å². The molecule has 0 unspecified atom stereocenters. The summed E-state index contributed by atoms with van der Waals surface area (Å²) in [6, 6.07) is 0. The highest BCUT2D eigenvalue weighted by molar-refractivity contribution is 5.88. The van der Waals surface area contributed by atoms with E-state index in [-0.39, 0.29) is 26.4 Å². The van der Waals surface area contributed by atoms with Gasteiger partial charge in [-0.2, -0.15) is 0 Å². The van der Waals surface area contributed by atoms with Gasteiger partial charge in [0, 0.05) is 0 Å². The molecule has 0 rings (SSSR count). The fourth-order valence-electron chi connectivity index (χ4n) is 0.830. The summed E-state index contributed by atoms with van der Waals surface area (Å²) in [4.78, 5) is 30.5. The van der Waals surface area contributed by atoms with Gasteiger partial charge in [-0.05, 0) is 0 Å². The second-order valence-electron chi connectivity index (χ2n) is 4.52. The first kappa shape index (κ1) is 28.0. The van der Waals surface area contributed by atoms with Crippen molar-refractivity contribution in [2.75, 3.05) is 26.4 Å². The molecule has 25 heavy (non-hydrogen) atoms. The normalized spacial score (nSPS) is 10.4. The van der Waals surface area contributed by atoms with Crippen LogP contribution < -0.4 is 0 Å². The van der Waals surface area contributed by atoms with Gasteiger partial charge in [-0.1, -0.05) is 0 Å². The van der Waals surface area contributed by atoms with Gasteiger partial charge in [0.25, 0.3) is 0 Å². The van der Waals surface area contributed by atoms with Crippen molar-refractivity contribution in [3.05, 3.63) is 0 Å². The molecular formula is C12H24O13. The maximum atomic E-state index is 10.3. The first-order valence-electron chi connectivity index (χ1n) is 6.59. The van der Waals surface area contributed by atoms with E-state index in [2.05, 4.69) is 0 Å². The van der Waals surface area contributed by atoms with Crippen molar-refractivity contribution in [3.8, 4) is 0 Å². The van der Waals surface area contributed by atoms with Crippen LogP contribution in [0.4, 0.5) is 0 Å². The monoisotopic (exact) mass is 376 g/mol. The molecule has 0 atom stereocenters. The Bertz CT molecular complexity index is 349. The first-order valence-corrected chi connectivity index (χ1v) is 6.59. The first-order chi connectivity index (χ1) is 11.4. The third-order valence-corrected chi connectivity index (χ3v) is 2.13. The molecular weight excluding hydrogens is 352 g/mol. The van der Waals surface area contributed by atoms with Crippen LogP contribution in [-0.2, 0) is 14.4 Å². The van der Waals surface area contributed by atoms with E-state index >= 15 is 0 Å². The maximum absolute atomic E-state index is 10.3. The number of hydrogen-bond acceptors (Lipinski definition) is 10. The smallest absolute Gasteiger partial charge is 0.336 e. The van der Waals surface area contributed by atoms with E-state index in [9.17, 15) is 14.4 Å². The molecule has 0 spiro atoms. The Hall–Kier alpha value is -1.87. The van der Waals surface area contributed by atoms with Crippen molar-refractivity contribution in [2.24, 2.45) is 0 Å². The van der Waals surface area contributed by atoms with Gasteiger partial charge in [-0.3, -0.25) is 9.59 Å². The van der Waals surface area contributed by atoms with E-state index in [1.54, 1.807) is 0 Å². The van der Waals surface area contributed by atoms with E-state index in [0.717, 1.165) is 0 Å². The van der Waals surface area contributed by atoms with Crippen LogP contribution in [-0.4, -0.2) is 113 Å². The van der Waals surface area contributed by atoms with Gasteiger partial charge in [0.05, 0.1) is 39.3 Å². The second kappa shape index (κ2) is 15.6. The van der Waals surface area contributed by atoms with Crippen molar-refractivity contribution in [3.63, 3.8) is 0 Å². The summed E-state index contributed by atoms with van der Waals surface area (Å²) in [5, 5.41) is 81.8. The van der Waals surface area contributed by atoms with Crippen LogP contribution in [0.1, 0.15) is 12.8 Å². The Balaban J connectivity index is -0.000000336. The number of aliphatic carboxylic acids is 3. The average molecular weight is 376 g/mol. The summed E-state index contributed by atoms with van der Waals surface area (Å²) in [6.45, 7) is -1.46. The van der Waals surface area contributed by atoms with E-state index < -0.39 is 48.6 Å². The Labute approximate surface area is 141 Å². The predicted molar refractivity (Wildman–Crippen MR) is 77.4 cm³/mol. The summed E-state index contributed by atoms with van der Waals surface area (Å²) in [5.41, 5.74) is -2.74. The Morgan fingerprint density at radius 2 is 0.920 bits per heavy atom. The molecule has 0 aliphatic heterocycles. The highest BCUT2D eigenvalue weighted by Gasteiger charge is 2.40. The lowest BCUT2D eigenvalue weighted by molar-refractivity contribution is -0.170.